The van der Waals surface area contributed by atoms with Crippen molar-refractivity contribution < 1.29 is 9.13 Å². The van der Waals surface area contributed by atoms with Gasteiger partial charge >= 0.3 is 0 Å². The van der Waals surface area contributed by atoms with Crippen molar-refractivity contribution in [3.8, 4) is 5.75 Å². The van der Waals surface area contributed by atoms with Crippen molar-refractivity contribution in [3.63, 3.8) is 0 Å². The lowest BCUT2D eigenvalue weighted by Gasteiger charge is -2.10. The zero-order chi connectivity index (χ0) is 13.7. The zero-order valence-electron chi connectivity index (χ0n) is 10.8. The summed E-state index contributed by atoms with van der Waals surface area (Å²) in [5, 5.41) is 2.70. The molecule has 19 heavy (non-hydrogen) atoms. The average molecular weight is 280 g/mol. The van der Waals surface area contributed by atoms with Crippen LogP contribution in [0.25, 0.3) is 0 Å². The number of rotatable bonds is 6. The van der Waals surface area contributed by atoms with E-state index in [2.05, 4.69) is 4.98 Å². The van der Waals surface area contributed by atoms with Gasteiger partial charge in [0.25, 0.3) is 0 Å². The van der Waals surface area contributed by atoms with Crippen molar-refractivity contribution in [2.24, 2.45) is 5.73 Å². The highest BCUT2D eigenvalue weighted by molar-refractivity contribution is 7.09. The Labute approximate surface area is 116 Å². The van der Waals surface area contributed by atoms with Crippen LogP contribution in [0.2, 0.25) is 0 Å². The first kappa shape index (κ1) is 14.0. The van der Waals surface area contributed by atoms with Crippen molar-refractivity contribution >= 4 is 11.3 Å². The summed E-state index contributed by atoms with van der Waals surface area (Å²) in [7, 11) is 0. The largest absolute Gasteiger partial charge is 0.483 e. The molecule has 0 fully saturated rings. The van der Waals surface area contributed by atoms with Crippen LogP contribution < -0.4 is 10.5 Å². The predicted molar refractivity (Wildman–Crippen MR) is 74.8 cm³/mol. The first-order valence-electron chi connectivity index (χ1n) is 6.24. The number of thiazole rings is 1. The summed E-state index contributed by atoms with van der Waals surface area (Å²) in [4.78, 5) is 4.08. The van der Waals surface area contributed by atoms with E-state index in [1.165, 1.54) is 17.4 Å². The van der Waals surface area contributed by atoms with Gasteiger partial charge in [-0.2, -0.15) is 0 Å². The molecule has 0 aliphatic carbocycles. The number of hydrogen-bond donors (Lipinski definition) is 1. The summed E-state index contributed by atoms with van der Waals surface area (Å²) in [5.41, 5.74) is 6.75. The zero-order valence-corrected chi connectivity index (χ0v) is 11.6. The van der Waals surface area contributed by atoms with Crippen LogP contribution in [-0.4, -0.2) is 11.0 Å². The van der Waals surface area contributed by atoms with E-state index in [0.29, 0.717) is 13.0 Å². The van der Waals surface area contributed by atoms with Crippen molar-refractivity contribution in [2.45, 2.75) is 32.4 Å². The van der Waals surface area contributed by atoms with Crippen molar-refractivity contribution in [1.82, 2.24) is 4.98 Å². The molecule has 0 aliphatic rings. The third-order valence-corrected chi connectivity index (χ3v) is 3.61. The van der Waals surface area contributed by atoms with Crippen LogP contribution in [0.1, 0.15) is 23.9 Å². The molecular weight excluding hydrogens is 263 g/mol. The summed E-state index contributed by atoms with van der Waals surface area (Å²) < 4.78 is 19.3. The lowest BCUT2D eigenvalue weighted by atomic mass is 10.0. The molecule has 0 saturated carbocycles. The molecule has 5 heteroatoms. The van der Waals surface area contributed by atoms with Gasteiger partial charge in [-0.3, -0.25) is 0 Å². The molecule has 3 nitrogen and oxygen atoms in total. The van der Waals surface area contributed by atoms with Crippen LogP contribution in [0, 0.1) is 5.82 Å². The van der Waals surface area contributed by atoms with Gasteiger partial charge in [-0.15, -0.1) is 11.3 Å². The Balaban J connectivity index is 1.98. The Morgan fingerprint density at radius 1 is 1.47 bits per heavy atom. The van der Waals surface area contributed by atoms with E-state index in [4.69, 9.17) is 10.5 Å². The molecule has 2 rings (SSSR count). The lowest BCUT2D eigenvalue weighted by molar-refractivity contribution is 0.289. The number of hydrogen-bond acceptors (Lipinski definition) is 4. The summed E-state index contributed by atoms with van der Waals surface area (Å²) in [6.07, 6.45) is 3.26. The van der Waals surface area contributed by atoms with Gasteiger partial charge in [0.05, 0.1) is 0 Å². The molecule has 0 saturated heterocycles. The maximum Gasteiger partial charge on any atom is 0.165 e. The predicted octanol–water partition coefficient (Wildman–Crippen LogP) is 3.14. The SMILES string of the molecule is CCC(N)Cc1ccc(OCc2nccs2)c(F)c1. The van der Waals surface area contributed by atoms with Gasteiger partial charge in [-0.05, 0) is 30.5 Å². The molecule has 1 atom stereocenters. The Morgan fingerprint density at radius 2 is 2.32 bits per heavy atom. The number of ether oxygens (including phenoxy) is 1. The van der Waals surface area contributed by atoms with Crippen LogP contribution in [0.4, 0.5) is 4.39 Å². The minimum absolute atomic E-state index is 0.0708. The van der Waals surface area contributed by atoms with E-state index in [1.54, 1.807) is 12.3 Å². The van der Waals surface area contributed by atoms with Crippen molar-refractivity contribution in [3.05, 3.63) is 46.2 Å². The fourth-order valence-corrected chi connectivity index (χ4v) is 2.23. The van der Waals surface area contributed by atoms with Gasteiger partial charge in [0.2, 0.25) is 0 Å². The van der Waals surface area contributed by atoms with Gasteiger partial charge in [-0.1, -0.05) is 13.0 Å². The molecule has 1 heterocycles. The highest BCUT2D eigenvalue weighted by Crippen LogP contribution is 2.21. The summed E-state index contributed by atoms with van der Waals surface area (Å²) >= 11 is 1.49. The van der Waals surface area contributed by atoms with E-state index in [0.717, 1.165) is 17.0 Å². The Morgan fingerprint density at radius 3 is 2.95 bits per heavy atom. The van der Waals surface area contributed by atoms with E-state index in [1.807, 2.05) is 18.4 Å². The monoisotopic (exact) mass is 280 g/mol. The number of halogens is 1. The highest BCUT2D eigenvalue weighted by atomic mass is 32.1. The van der Waals surface area contributed by atoms with Gasteiger partial charge < -0.3 is 10.5 Å². The van der Waals surface area contributed by atoms with Crippen LogP contribution in [0.3, 0.4) is 0 Å². The molecule has 1 aromatic heterocycles. The molecule has 0 radical (unpaired) electrons. The molecule has 1 unspecified atom stereocenters. The molecular formula is C14H17FN2OS. The summed E-state index contributed by atoms with van der Waals surface area (Å²) in [5.74, 6) is -0.0959. The van der Waals surface area contributed by atoms with Gasteiger partial charge in [0, 0.05) is 17.6 Å². The molecule has 102 valence electrons. The molecule has 2 N–H and O–H groups in total. The normalized spacial score (nSPS) is 12.4. The van der Waals surface area contributed by atoms with Gasteiger partial charge in [-0.25, -0.2) is 9.37 Å². The topological polar surface area (TPSA) is 48.1 Å². The fourth-order valence-electron chi connectivity index (χ4n) is 1.70. The van der Waals surface area contributed by atoms with E-state index >= 15 is 0 Å². The summed E-state index contributed by atoms with van der Waals surface area (Å²) in [6.45, 7) is 2.31. The molecule has 2 aromatic rings. The number of nitrogens with zero attached hydrogens (tertiary/aromatic N) is 1. The standard InChI is InChI=1S/C14H17FN2OS/c1-2-11(16)7-10-3-4-13(12(15)8-10)18-9-14-17-5-6-19-14/h3-6,8,11H,2,7,9,16H2,1H3. The minimum atomic E-state index is -0.350. The Kier molecular flexibility index (Phi) is 4.87. The van der Waals surface area contributed by atoms with Crippen LogP contribution in [-0.2, 0) is 13.0 Å². The van der Waals surface area contributed by atoms with Crippen LogP contribution in [0.5, 0.6) is 5.75 Å². The van der Waals surface area contributed by atoms with Crippen molar-refractivity contribution in [2.75, 3.05) is 0 Å². The first-order valence-corrected chi connectivity index (χ1v) is 7.12. The van der Waals surface area contributed by atoms with E-state index in [9.17, 15) is 4.39 Å². The number of nitrogens with two attached hydrogens (primary N) is 1. The van der Waals surface area contributed by atoms with E-state index in [-0.39, 0.29) is 17.6 Å². The molecule has 0 bridgehead atoms. The molecule has 0 spiro atoms. The third-order valence-electron chi connectivity index (χ3n) is 2.85. The summed E-state index contributed by atoms with van der Waals surface area (Å²) in [6, 6.07) is 5.07. The maximum atomic E-state index is 13.9. The lowest BCUT2D eigenvalue weighted by Crippen LogP contribution is -2.21. The van der Waals surface area contributed by atoms with E-state index < -0.39 is 0 Å². The van der Waals surface area contributed by atoms with Crippen LogP contribution in [0.15, 0.2) is 29.8 Å². The Bertz CT molecular complexity index is 516. The average Bonchev–Trinajstić information content (AvgIpc) is 2.91. The number of aromatic nitrogens is 1. The molecule has 0 amide bonds. The van der Waals surface area contributed by atoms with Gasteiger partial charge in [0.1, 0.15) is 11.6 Å². The second kappa shape index (κ2) is 6.63. The second-order valence-corrected chi connectivity index (χ2v) is 5.33. The molecule has 0 aliphatic heterocycles. The number of benzene rings is 1. The third kappa shape index (κ3) is 4.01. The molecule has 1 aromatic carbocycles. The smallest absolute Gasteiger partial charge is 0.165 e. The maximum absolute atomic E-state index is 13.9. The Hall–Kier alpha value is -1.46. The highest BCUT2D eigenvalue weighted by Gasteiger charge is 2.08. The van der Waals surface area contributed by atoms with Crippen LogP contribution >= 0.6 is 11.3 Å². The van der Waals surface area contributed by atoms with Gasteiger partial charge in [0.15, 0.2) is 11.6 Å². The second-order valence-electron chi connectivity index (χ2n) is 4.35. The van der Waals surface area contributed by atoms with Crippen molar-refractivity contribution in [1.29, 1.82) is 0 Å². The minimum Gasteiger partial charge on any atom is -0.483 e. The first-order chi connectivity index (χ1) is 9.19. The fraction of sp³-hybridized carbons (Fsp3) is 0.357. The quantitative estimate of drug-likeness (QED) is 0.884.